The smallest absolute Gasteiger partial charge is 0.239 e. The lowest BCUT2D eigenvalue weighted by Gasteiger charge is -2.24. The molecule has 110 valence electrons. The molecule has 1 amide bonds. The van der Waals surface area contributed by atoms with E-state index >= 15 is 0 Å². The number of likely N-dealkylation sites (N-methyl/N-ethyl adjacent to an activating group) is 1. The highest BCUT2D eigenvalue weighted by molar-refractivity contribution is 5.81. The molecule has 1 fully saturated rings. The van der Waals surface area contributed by atoms with Crippen LogP contribution < -0.4 is 5.73 Å². The molecule has 0 aromatic heterocycles. The summed E-state index contributed by atoms with van der Waals surface area (Å²) in [5.41, 5.74) is 7.16. The number of hydrogen-bond acceptors (Lipinski definition) is 3. The van der Waals surface area contributed by atoms with Crippen molar-refractivity contribution in [3.05, 3.63) is 35.9 Å². The molecule has 0 aliphatic carbocycles. The third kappa shape index (κ3) is 4.05. The SMILES string of the molecule is CN1CCC(CN(C)C(=O)C(N)Cc2ccccc2)C1. The van der Waals surface area contributed by atoms with E-state index in [2.05, 4.69) is 11.9 Å². The number of rotatable bonds is 5. The average molecular weight is 275 g/mol. The normalized spacial score (nSPS) is 20.9. The molecule has 0 saturated carbocycles. The number of likely N-dealkylation sites (tertiary alicyclic amines) is 1. The molecule has 0 radical (unpaired) electrons. The Balaban J connectivity index is 1.83. The highest BCUT2D eigenvalue weighted by Crippen LogP contribution is 2.15. The molecule has 0 spiro atoms. The molecule has 1 aliphatic rings. The zero-order valence-corrected chi connectivity index (χ0v) is 12.5. The number of carbonyl (C=O) groups is 1. The van der Waals surface area contributed by atoms with E-state index < -0.39 is 6.04 Å². The Morgan fingerprint density at radius 3 is 2.75 bits per heavy atom. The molecule has 2 N–H and O–H groups in total. The summed E-state index contributed by atoms with van der Waals surface area (Å²) in [4.78, 5) is 16.4. The molecule has 1 aromatic rings. The quantitative estimate of drug-likeness (QED) is 0.871. The van der Waals surface area contributed by atoms with E-state index in [0.29, 0.717) is 12.3 Å². The summed E-state index contributed by atoms with van der Waals surface area (Å²) >= 11 is 0. The average Bonchev–Trinajstić information content (AvgIpc) is 2.84. The van der Waals surface area contributed by atoms with E-state index in [1.54, 1.807) is 4.90 Å². The number of amides is 1. The van der Waals surface area contributed by atoms with Crippen LogP contribution in [-0.2, 0) is 11.2 Å². The highest BCUT2D eigenvalue weighted by atomic mass is 16.2. The van der Waals surface area contributed by atoms with E-state index in [1.165, 1.54) is 6.42 Å². The Labute approximate surface area is 121 Å². The van der Waals surface area contributed by atoms with Gasteiger partial charge in [-0.1, -0.05) is 30.3 Å². The maximum absolute atomic E-state index is 12.3. The topological polar surface area (TPSA) is 49.6 Å². The van der Waals surface area contributed by atoms with Crippen LogP contribution in [0.1, 0.15) is 12.0 Å². The zero-order chi connectivity index (χ0) is 14.5. The van der Waals surface area contributed by atoms with Crippen LogP contribution in [-0.4, -0.2) is 55.5 Å². The maximum Gasteiger partial charge on any atom is 0.239 e. The Hall–Kier alpha value is -1.39. The lowest BCUT2D eigenvalue weighted by atomic mass is 10.0. The summed E-state index contributed by atoms with van der Waals surface area (Å²) in [6.07, 6.45) is 1.77. The fraction of sp³-hybridized carbons (Fsp3) is 0.562. The van der Waals surface area contributed by atoms with Gasteiger partial charge in [0.25, 0.3) is 0 Å². The molecule has 2 unspecified atom stereocenters. The minimum Gasteiger partial charge on any atom is -0.344 e. The standard InChI is InChI=1S/C16H25N3O/c1-18-9-8-14(11-18)12-19(2)16(20)15(17)10-13-6-4-3-5-7-13/h3-7,14-15H,8-12,17H2,1-2H3. The first-order valence-electron chi connectivity index (χ1n) is 7.29. The Morgan fingerprint density at radius 1 is 1.45 bits per heavy atom. The molecule has 0 bridgehead atoms. The molecule has 20 heavy (non-hydrogen) atoms. The van der Waals surface area contributed by atoms with E-state index in [0.717, 1.165) is 25.2 Å². The van der Waals surface area contributed by atoms with Crippen molar-refractivity contribution in [3.63, 3.8) is 0 Å². The first-order valence-corrected chi connectivity index (χ1v) is 7.29. The van der Waals surface area contributed by atoms with Crippen molar-refractivity contribution in [2.24, 2.45) is 11.7 Å². The number of hydrogen-bond donors (Lipinski definition) is 1. The van der Waals surface area contributed by atoms with Crippen LogP contribution in [0.5, 0.6) is 0 Å². The summed E-state index contributed by atoms with van der Waals surface area (Å²) in [6, 6.07) is 9.51. The minimum atomic E-state index is -0.443. The molecule has 1 aromatic carbocycles. The first kappa shape index (κ1) is 15.0. The summed E-state index contributed by atoms with van der Waals surface area (Å²) in [6.45, 7) is 3.01. The van der Waals surface area contributed by atoms with Crippen molar-refractivity contribution < 1.29 is 4.79 Å². The third-order valence-corrected chi connectivity index (χ3v) is 4.01. The van der Waals surface area contributed by atoms with Gasteiger partial charge in [0.2, 0.25) is 5.91 Å². The van der Waals surface area contributed by atoms with E-state index in [9.17, 15) is 4.79 Å². The summed E-state index contributed by atoms with van der Waals surface area (Å²) in [5.74, 6) is 0.626. The van der Waals surface area contributed by atoms with Crippen LogP contribution in [0.25, 0.3) is 0 Å². The van der Waals surface area contributed by atoms with Crippen LogP contribution in [0.2, 0.25) is 0 Å². The fourth-order valence-corrected chi connectivity index (χ4v) is 2.89. The van der Waals surface area contributed by atoms with Crippen molar-refractivity contribution in [3.8, 4) is 0 Å². The van der Waals surface area contributed by atoms with E-state index in [-0.39, 0.29) is 5.91 Å². The van der Waals surface area contributed by atoms with Gasteiger partial charge >= 0.3 is 0 Å². The van der Waals surface area contributed by atoms with Gasteiger partial charge in [-0.05, 0) is 37.9 Å². The van der Waals surface area contributed by atoms with Gasteiger partial charge in [-0.2, -0.15) is 0 Å². The second-order valence-electron chi connectivity index (χ2n) is 5.93. The van der Waals surface area contributed by atoms with Crippen LogP contribution in [0.4, 0.5) is 0 Å². The maximum atomic E-state index is 12.3. The second-order valence-corrected chi connectivity index (χ2v) is 5.93. The molecule has 4 heteroatoms. The molecular weight excluding hydrogens is 250 g/mol. The molecule has 4 nitrogen and oxygen atoms in total. The van der Waals surface area contributed by atoms with Crippen molar-refractivity contribution in [2.45, 2.75) is 18.9 Å². The van der Waals surface area contributed by atoms with Gasteiger partial charge in [-0.3, -0.25) is 4.79 Å². The summed E-state index contributed by atoms with van der Waals surface area (Å²) in [7, 11) is 3.99. The molecule has 1 saturated heterocycles. The number of nitrogens with zero attached hydrogens (tertiary/aromatic N) is 2. The van der Waals surface area contributed by atoms with Crippen molar-refractivity contribution >= 4 is 5.91 Å². The van der Waals surface area contributed by atoms with Crippen LogP contribution in [0, 0.1) is 5.92 Å². The number of nitrogens with two attached hydrogens (primary N) is 1. The lowest BCUT2D eigenvalue weighted by molar-refractivity contribution is -0.131. The predicted molar refractivity (Wildman–Crippen MR) is 81.4 cm³/mol. The van der Waals surface area contributed by atoms with Crippen molar-refractivity contribution in [1.82, 2.24) is 9.80 Å². The molecular formula is C16H25N3O. The Bertz CT molecular complexity index is 435. The Kier molecular flexibility index (Phi) is 5.15. The first-order chi connectivity index (χ1) is 9.56. The second kappa shape index (κ2) is 6.86. The van der Waals surface area contributed by atoms with Gasteiger partial charge < -0.3 is 15.5 Å². The number of benzene rings is 1. The zero-order valence-electron chi connectivity index (χ0n) is 12.5. The minimum absolute atomic E-state index is 0.0448. The van der Waals surface area contributed by atoms with Gasteiger partial charge in [-0.25, -0.2) is 0 Å². The van der Waals surface area contributed by atoms with Crippen LogP contribution in [0.3, 0.4) is 0 Å². The molecule has 1 aliphatic heterocycles. The predicted octanol–water partition coefficient (Wildman–Crippen LogP) is 0.967. The van der Waals surface area contributed by atoms with Gasteiger partial charge in [0.05, 0.1) is 6.04 Å². The van der Waals surface area contributed by atoms with Crippen molar-refractivity contribution in [2.75, 3.05) is 33.7 Å². The summed E-state index contributed by atoms with van der Waals surface area (Å²) < 4.78 is 0. The lowest BCUT2D eigenvalue weighted by Crippen LogP contribution is -2.45. The third-order valence-electron chi connectivity index (χ3n) is 4.01. The number of carbonyl (C=O) groups excluding carboxylic acids is 1. The summed E-state index contributed by atoms with van der Waals surface area (Å²) in [5, 5.41) is 0. The van der Waals surface area contributed by atoms with Crippen LogP contribution >= 0.6 is 0 Å². The van der Waals surface area contributed by atoms with Gasteiger partial charge in [0.15, 0.2) is 0 Å². The molecule has 1 heterocycles. The van der Waals surface area contributed by atoms with Crippen molar-refractivity contribution in [1.29, 1.82) is 0 Å². The van der Waals surface area contributed by atoms with Gasteiger partial charge in [0, 0.05) is 20.1 Å². The Morgan fingerprint density at radius 2 is 2.15 bits per heavy atom. The molecule has 2 atom stereocenters. The largest absolute Gasteiger partial charge is 0.344 e. The highest BCUT2D eigenvalue weighted by Gasteiger charge is 2.25. The van der Waals surface area contributed by atoms with Crippen LogP contribution in [0.15, 0.2) is 30.3 Å². The van der Waals surface area contributed by atoms with E-state index in [4.69, 9.17) is 5.73 Å². The monoisotopic (exact) mass is 275 g/mol. The van der Waals surface area contributed by atoms with Gasteiger partial charge in [-0.15, -0.1) is 0 Å². The van der Waals surface area contributed by atoms with Gasteiger partial charge in [0.1, 0.15) is 0 Å². The molecule has 2 rings (SSSR count). The van der Waals surface area contributed by atoms with E-state index in [1.807, 2.05) is 37.4 Å². The fourth-order valence-electron chi connectivity index (χ4n) is 2.89.